The van der Waals surface area contributed by atoms with E-state index < -0.39 is 5.06 Å². The van der Waals surface area contributed by atoms with Crippen LogP contribution in [-0.4, -0.2) is 30.7 Å². The molecule has 0 bridgehead atoms. The van der Waals surface area contributed by atoms with Crippen LogP contribution in [0.1, 0.15) is 0 Å². The number of oxime groups is 1. The summed E-state index contributed by atoms with van der Waals surface area (Å²) in [6, 6.07) is 0. The van der Waals surface area contributed by atoms with Crippen LogP contribution in [0.15, 0.2) is 29.1 Å². The molecule has 1 N–H and O–H groups in total. The molecular weight excluding hydrogens is 206 g/mol. The highest BCUT2D eigenvalue weighted by atomic mass is 35.5. The van der Waals surface area contributed by atoms with E-state index in [1.165, 1.54) is 13.3 Å². The first-order valence-corrected chi connectivity index (χ1v) is 4.40. The van der Waals surface area contributed by atoms with Crippen LogP contribution in [0.4, 0.5) is 0 Å². The Bertz CT molecular complexity index is 288. The van der Waals surface area contributed by atoms with Gasteiger partial charge in [-0.25, -0.2) is 0 Å². The summed E-state index contributed by atoms with van der Waals surface area (Å²) in [5, 5.41) is 10.4. The minimum Gasteiger partial charge on any atom is -0.497 e. The van der Waals surface area contributed by atoms with Crippen LogP contribution in [0, 0.1) is 5.92 Å². The summed E-state index contributed by atoms with van der Waals surface area (Å²) < 4.78 is 10.1. The molecule has 0 aliphatic heterocycles. The number of nitrogens with zero attached hydrogens (tertiary/aromatic N) is 1. The van der Waals surface area contributed by atoms with Gasteiger partial charge in [0.05, 0.1) is 19.2 Å². The van der Waals surface area contributed by atoms with Crippen LogP contribution < -0.4 is 0 Å². The number of alkyl halides is 1. The molecule has 0 fully saturated rings. The Morgan fingerprint density at radius 2 is 2.36 bits per heavy atom. The molecule has 1 aliphatic rings. The van der Waals surface area contributed by atoms with Gasteiger partial charge in [-0.2, -0.15) is 0 Å². The third-order valence-corrected chi connectivity index (χ3v) is 2.58. The molecule has 0 unspecified atom stereocenters. The molecular formula is C9H12ClNO3. The molecule has 14 heavy (non-hydrogen) atoms. The fraction of sp³-hybridized carbons (Fsp3) is 0.444. The van der Waals surface area contributed by atoms with Crippen LogP contribution in [0.2, 0.25) is 0 Å². The fourth-order valence-electron chi connectivity index (χ4n) is 1.21. The third kappa shape index (κ3) is 2.08. The van der Waals surface area contributed by atoms with Crippen LogP contribution in [-0.2, 0) is 9.47 Å². The largest absolute Gasteiger partial charge is 0.497 e. The maximum atomic E-state index is 8.47. The average Bonchev–Trinajstić information content (AvgIpc) is 2.22. The van der Waals surface area contributed by atoms with E-state index in [-0.39, 0.29) is 5.92 Å². The van der Waals surface area contributed by atoms with Gasteiger partial charge >= 0.3 is 0 Å². The van der Waals surface area contributed by atoms with Crippen LogP contribution in [0.25, 0.3) is 0 Å². The summed E-state index contributed by atoms with van der Waals surface area (Å²) in [6.45, 7) is 0. The van der Waals surface area contributed by atoms with Gasteiger partial charge in [-0.15, -0.1) is 5.16 Å². The van der Waals surface area contributed by atoms with Gasteiger partial charge in [0.2, 0.25) is 0 Å². The maximum Gasteiger partial charge on any atom is 0.171 e. The normalized spacial score (nSPS) is 31.9. The minimum absolute atomic E-state index is 0.362. The van der Waals surface area contributed by atoms with Gasteiger partial charge < -0.3 is 14.7 Å². The lowest BCUT2D eigenvalue weighted by atomic mass is 9.97. The Balaban J connectivity index is 2.94. The van der Waals surface area contributed by atoms with Gasteiger partial charge in [-0.1, -0.05) is 11.6 Å². The van der Waals surface area contributed by atoms with Crippen molar-refractivity contribution in [3.63, 3.8) is 0 Å². The standard InChI is InChI=1S/C9H12ClNO3/c1-13-8-3-4-9(10,14-2)7(5-8)6-11-12/h3-7,12H,1-2H3/t7-,9+/m0/s1. The second-order valence-corrected chi connectivity index (χ2v) is 3.39. The second-order valence-electron chi connectivity index (χ2n) is 2.80. The number of rotatable bonds is 3. The SMILES string of the molecule is COC1=C[C@@H](C=NO)[C@](Cl)(OC)C=C1. The van der Waals surface area contributed by atoms with Gasteiger partial charge in [-0.3, -0.25) is 0 Å². The third-order valence-electron chi connectivity index (χ3n) is 2.05. The van der Waals surface area contributed by atoms with E-state index in [0.29, 0.717) is 5.76 Å². The molecule has 4 nitrogen and oxygen atoms in total. The molecule has 5 heteroatoms. The van der Waals surface area contributed by atoms with Crippen molar-refractivity contribution in [1.82, 2.24) is 0 Å². The first-order chi connectivity index (χ1) is 6.66. The van der Waals surface area contributed by atoms with Crippen molar-refractivity contribution in [2.24, 2.45) is 11.1 Å². The zero-order valence-corrected chi connectivity index (χ0v) is 8.73. The molecule has 0 aromatic carbocycles. The zero-order valence-electron chi connectivity index (χ0n) is 7.98. The first-order valence-electron chi connectivity index (χ1n) is 4.03. The van der Waals surface area contributed by atoms with Crippen molar-refractivity contribution in [2.75, 3.05) is 14.2 Å². The molecule has 0 aromatic heterocycles. The molecule has 1 aliphatic carbocycles. The fourth-order valence-corrected chi connectivity index (χ4v) is 1.39. The van der Waals surface area contributed by atoms with Crippen LogP contribution >= 0.6 is 11.6 Å². The predicted molar refractivity (Wildman–Crippen MR) is 53.6 cm³/mol. The number of ether oxygens (including phenoxy) is 2. The van der Waals surface area contributed by atoms with E-state index in [0.717, 1.165) is 0 Å². The van der Waals surface area contributed by atoms with E-state index >= 15 is 0 Å². The van der Waals surface area contributed by atoms with Crippen molar-refractivity contribution >= 4 is 17.8 Å². The zero-order chi connectivity index (χ0) is 10.6. The van der Waals surface area contributed by atoms with Crippen molar-refractivity contribution in [1.29, 1.82) is 0 Å². The van der Waals surface area contributed by atoms with Gasteiger partial charge in [0.25, 0.3) is 0 Å². The average molecular weight is 218 g/mol. The molecule has 0 saturated heterocycles. The van der Waals surface area contributed by atoms with E-state index in [2.05, 4.69) is 5.16 Å². The molecule has 1 rings (SSSR count). The summed E-state index contributed by atoms with van der Waals surface area (Å²) >= 11 is 6.12. The maximum absolute atomic E-state index is 8.47. The highest BCUT2D eigenvalue weighted by Crippen LogP contribution is 2.33. The van der Waals surface area contributed by atoms with Crippen LogP contribution in [0.5, 0.6) is 0 Å². The molecule has 78 valence electrons. The summed E-state index contributed by atoms with van der Waals surface area (Å²) in [6.07, 6.45) is 6.37. The Labute approximate surface area is 87.4 Å². The number of allylic oxidation sites excluding steroid dienone is 1. The summed E-state index contributed by atoms with van der Waals surface area (Å²) in [7, 11) is 3.04. The second kappa shape index (κ2) is 4.48. The van der Waals surface area contributed by atoms with Gasteiger partial charge in [0, 0.05) is 7.11 Å². The lowest BCUT2D eigenvalue weighted by molar-refractivity contribution is 0.0856. The highest BCUT2D eigenvalue weighted by molar-refractivity contribution is 6.25. The topological polar surface area (TPSA) is 51.0 Å². The summed E-state index contributed by atoms with van der Waals surface area (Å²) in [5.41, 5.74) is 0. The molecule has 0 saturated carbocycles. The van der Waals surface area contributed by atoms with Gasteiger partial charge in [0.15, 0.2) is 5.06 Å². The van der Waals surface area contributed by atoms with Gasteiger partial charge in [0.1, 0.15) is 5.76 Å². The molecule has 2 atom stereocenters. The van der Waals surface area contributed by atoms with Gasteiger partial charge in [-0.05, 0) is 18.2 Å². The Kier molecular flexibility index (Phi) is 3.55. The number of hydrogen-bond donors (Lipinski definition) is 1. The number of halogens is 1. The Morgan fingerprint density at radius 3 is 2.86 bits per heavy atom. The molecule has 0 heterocycles. The minimum atomic E-state index is -1.01. The number of methoxy groups -OCH3 is 2. The van der Waals surface area contributed by atoms with Crippen LogP contribution in [0.3, 0.4) is 0 Å². The highest BCUT2D eigenvalue weighted by Gasteiger charge is 2.35. The lowest BCUT2D eigenvalue weighted by Gasteiger charge is -2.29. The van der Waals surface area contributed by atoms with E-state index in [1.54, 1.807) is 25.3 Å². The molecule has 0 amide bonds. The predicted octanol–water partition coefficient (Wildman–Crippen LogP) is 1.74. The molecule has 0 spiro atoms. The van der Waals surface area contributed by atoms with Crippen molar-refractivity contribution in [3.05, 3.63) is 24.0 Å². The van der Waals surface area contributed by atoms with Crippen molar-refractivity contribution < 1.29 is 14.7 Å². The monoisotopic (exact) mass is 217 g/mol. The molecule has 0 radical (unpaired) electrons. The Morgan fingerprint density at radius 1 is 1.64 bits per heavy atom. The Hall–Kier alpha value is -1.00. The van der Waals surface area contributed by atoms with E-state index in [1.807, 2.05) is 0 Å². The van der Waals surface area contributed by atoms with Crippen molar-refractivity contribution in [2.45, 2.75) is 5.06 Å². The van der Waals surface area contributed by atoms with E-state index in [4.69, 9.17) is 26.3 Å². The quantitative estimate of drug-likeness (QED) is 0.339. The first kappa shape index (κ1) is 11.1. The molecule has 0 aromatic rings. The summed E-state index contributed by atoms with van der Waals surface area (Å²) in [4.78, 5) is 0. The lowest BCUT2D eigenvalue weighted by Crippen LogP contribution is -2.34. The van der Waals surface area contributed by atoms with E-state index in [9.17, 15) is 0 Å². The number of hydrogen-bond acceptors (Lipinski definition) is 4. The summed E-state index contributed by atoms with van der Waals surface area (Å²) in [5.74, 6) is 0.294. The van der Waals surface area contributed by atoms with Crippen molar-refractivity contribution in [3.8, 4) is 0 Å². The smallest absolute Gasteiger partial charge is 0.171 e.